The normalized spacial score (nSPS) is 15.5. The minimum atomic E-state index is -0.937. The van der Waals surface area contributed by atoms with Crippen molar-refractivity contribution in [3.8, 4) is 0 Å². The van der Waals surface area contributed by atoms with Gasteiger partial charge in [0.05, 0.1) is 28.8 Å². The maximum Gasteiger partial charge on any atom is 0.322 e. The molecule has 0 aliphatic carbocycles. The van der Waals surface area contributed by atoms with Gasteiger partial charge in [0, 0.05) is 23.0 Å². The second kappa shape index (κ2) is 12.0. The van der Waals surface area contributed by atoms with Gasteiger partial charge in [-0.3, -0.25) is 14.4 Å². The third-order valence-corrected chi connectivity index (χ3v) is 7.36. The smallest absolute Gasteiger partial charge is 0.322 e. The summed E-state index contributed by atoms with van der Waals surface area (Å²) in [5.41, 5.74) is 8.10. The standard InChI is InChI=1S/C27H30Cl2N6O4/c1-14(2)10-20(25(37)31-12-23(30)36)33-26(38)22-11-16-15-6-3-4-8-18(15)32-21(16)13-35(22)27(39)34-19-9-5-7-17(28)24(19)29/h3-9,14,20,22,32H,10-13H2,1-2H3,(H2,30,36)(H,31,37)(H,33,38)(H,34,39)/t20-,22+/m0/s1. The number of nitrogens with zero attached hydrogens (tertiary/aromatic N) is 1. The number of carbonyl (C=O) groups is 4. The molecule has 2 aromatic carbocycles. The molecule has 2 heterocycles. The molecule has 0 saturated carbocycles. The number of nitrogens with one attached hydrogen (secondary N) is 4. The molecule has 6 N–H and O–H groups in total. The van der Waals surface area contributed by atoms with E-state index >= 15 is 0 Å². The number of halogens is 2. The zero-order valence-corrected chi connectivity index (χ0v) is 23.0. The Morgan fingerprint density at radius 2 is 1.85 bits per heavy atom. The Morgan fingerprint density at radius 1 is 1.10 bits per heavy atom. The van der Waals surface area contributed by atoms with Crippen molar-refractivity contribution in [2.24, 2.45) is 11.7 Å². The Bertz CT molecular complexity index is 1420. The lowest BCUT2D eigenvalue weighted by molar-refractivity contribution is -0.132. The monoisotopic (exact) mass is 572 g/mol. The quantitative estimate of drug-likeness (QED) is 0.280. The van der Waals surface area contributed by atoms with Crippen molar-refractivity contribution in [3.63, 3.8) is 0 Å². The molecule has 206 valence electrons. The lowest BCUT2D eigenvalue weighted by atomic mass is 9.95. The Labute approximate surface area is 235 Å². The molecule has 39 heavy (non-hydrogen) atoms. The molecule has 10 nitrogen and oxygen atoms in total. The topological polar surface area (TPSA) is 149 Å². The van der Waals surface area contributed by atoms with Crippen LogP contribution < -0.4 is 21.7 Å². The minimum Gasteiger partial charge on any atom is -0.368 e. The van der Waals surface area contributed by atoms with Crippen LogP contribution in [0.15, 0.2) is 42.5 Å². The number of amides is 5. The van der Waals surface area contributed by atoms with Gasteiger partial charge in [0.2, 0.25) is 17.7 Å². The fourth-order valence-corrected chi connectivity index (χ4v) is 5.06. The van der Waals surface area contributed by atoms with E-state index in [1.54, 1.807) is 18.2 Å². The number of aromatic amines is 1. The van der Waals surface area contributed by atoms with Gasteiger partial charge < -0.3 is 31.6 Å². The van der Waals surface area contributed by atoms with E-state index in [-0.39, 0.29) is 35.5 Å². The molecule has 1 aliphatic rings. The molecule has 1 aliphatic heterocycles. The van der Waals surface area contributed by atoms with Crippen LogP contribution >= 0.6 is 23.2 Å². The van der Waals surface area contributed by atoms with Crippen molar-refractivity contribution < 1.29 is 19.2 Å². The summed E-state index contributed by atoms with van der Waals surface area (Å²) in [5, 5.41) is 9.43. The van der Waals surface area contributed by atoms with Gasteiger partial charge in [0.1, 0.15) is 12.1 Å². The van der Waals surface area contributed by atoms with E-state index in [2.05, 4.69) is 20.9 Å². The number of para-hydroxylation sites is 1. The molecule has 0 radical (unpaired) electrons. The number of hydrogen-bond donors (Lipinski definition) is 5. The van der Waals surface area contributed by atoms with Crippen LogP contribution in [0.25, 0.3) is 10.9 Å². The van der Waals surface area contributed by atoms with Gasteiger partial charge in [-0.1, -0.05) is 61.3 Å². The van der Waals surface area contributed by atoms with Crippen molar-refractivity contribution in [3.05, 3.63) is 63.8 Å². The number of fused-ring (bicyclic) bond motifs is 3. The summed E-state index contributed by atoms with van der Waals surface area (Å²) >= 11 is 12.4. The largest absolute Gasteiger partial charge is 0.368 e. The van der Waals surface area contributed by atoms with Crippen molar-refractivity contribution in [1.29, 1.82) is 0 Å². The van der Waals surface area contributed by atoms with Crippen LogP contribution in [0.3, 0.4) is 0 Å². The van der Waals surface area contributed by atoms with Crippen LogP contribution in [-0.2, 0) is 27.3 Å². The average Bonchev–Trinajstić information content (AvgIpc) is 3.26. The maximum absolute atomic E-state index is 13.7. The van der Waals surface area contributed by atoms with E-state index in [0.29, 0.717) is 12.1 Å². The number of anilines is 1. The van der Waals surface area contributed by atoms with Crippen molar-refractivity contribution in [2.45, 2.75) is 45.3 Å². The second-order valence-corrected chi connectivity index (χ2v) is 10.7. The maximum atomic E-state index is 13.7. The highest BCUT2D eigenvalue weighted by Gasteiger charge is 2.38. The minimum absolute atomic E-state index is 0.0607. The Morgan fingerprint density at radius 3 is 2.56 bits per heavy atom. The molecule has 0 saturated heterocycles. The van der Waals surface area contributed by atoms with Gasteiger partial charge in [0.25, 0.3) is 0 Å². The van der Waals surface area contributed by atoms with Gasteiger partial charge >= 0.3 is 6.03 Å². The molecule has 0 unspecified atom stereocenters. The predicted octanol–water partition coefficient (Wildman–Crippen LogP) is 3.57. The number of primary amides is 1. The van der Waals surface area contributed by atoms with E-state index in [9.17, 15) is 19.2 Å². The number of urea groups is 1. The number of benzene rings is 2. The summed E-state index contributed by atoms with van der Waals surface area (Å²) in [5.74, 6) is -1.66. The number of H-pyrrole nitrogens is 1. The van der Waals surface area contributed by atoms with Crippen molar-refractivity contribution >= 4 is 63.5 Å². The lowest BCUT2D eigenvalue weighted by Crippen LogP contribution is -2.58. The zero-order chi connectivity index (χ0) is 28.3. The fraction of sp³-hybridized carbons (Fsp3) is 0.333. The van der Waals surface area contributed by atoms with E-state index in [1.165, 1.54) is 4.90 Å². The van der Waals surface area contributed by atoms with Crippen LogP contribution in [0.1, 0.15) is 31.5 Å². The molecule has 12 heteroatoms. The number of nitrogens with two attached hydrogens (primary N) is 1. The van der Waals surface area contributed by atoms with E-state index < -0.39 is 35.8 Å². The lowest BCUT2D eigenvalue weighted by Gasteiger charge is -2.35. The first-order chi connectivity index (χ1) is 18.5. The van der Waals surface area contributed by atoms with Crippen LogP contribution in [0.5, 0.6) is 0 Å². The first-order valence-electron chi connectivity index (χ1n) is 12.5. The summed E-state index contributed by atoms with van der Waals surface area (Å²) in [6.45, 7) is 3.59. The van der Waals surface area contributed by atoms with Crippen molar-refractivity contribution in [2.75, 3.05) is 11.9 Å². The summed E-state index contributed by atoms with van der Waals surface area (Å²) < 4.78 is 0. The highest BCUT2D eigenvalue weighted by molar-refractivity contribution is 6.44. The predicted molar refractivity (Wildman–Crippen MR) is 150 cm³/mol. The van der Waals surface area contributed by atoms with E-state index in [0.717, 1.165) is 22.2 Å². The highest BCUT2D eigenvalue weighted by Crippen LogP contribution is 2.33. The van der Waals surface area contributed by atoms with E-state index in [1.807, 2.05) is 38.1 Å². The summed E-state index contributed by atoms with van der Waals surface area (Å²) in [7, 11) is 0. The second-order valence-electron chi connectivity index (χ2n) is 9.88. The Balaban J connectivity index is 1.64. The number of aromatic nitrogens is 1. The zero-order valence-electron chi connectivity index (χ0n) is 21.5. The molecule has 0 spiro atoms. The van der Waals surface area contributed by atoms with E-state index in [4.69, 9.17) is 28.9 Å². The molecule has 3 aromatic rings. The van der Waals surface area contributed by atoms with Crippen LogP contribution in [0, 0.1) is 5.92 Å². The fourth-order valence-electron chi connectivity index (χ4n) is 4.71. The molecule has 2 atom stereocenters. The highest BCUT2D eigenvalue weighted by atomic mass is 35.5. The first-order valence-corrected chi connectivity index (χ1v) is 13.3. The third-order valence-electron chi connectivity index (χ3n) is 6.54. The molecule has 0 fully saturated rings. The number of carbonyl (C=O) groups excluding carboxylic acids is 4. The molecular weight excluding hydrogens is 543 g/mol. The molecule has 5 amide bonds. The van der Waals surface area contributed by atoms with Crippen LogP contribution in [-0.4, -0.2) is 52.3 Å². The van der Waals surface area contributed by atoms with Crippen molar-refractivity contribution in [1.82, 2.24) is 20.5 Å². The first kappa shape index (κ1) is 28.3. The molecular formula is C27H30Cl2N6O4. The van der Waals surface area contributed by atoms with Gasteiger partial charge in [-0.25, -0.2) is 4.79 Å². The van der Waals surface area contributed by atoms with Gasteiger partial charge in [-0.15, -0.1) is 0 Å². The van der Waals surface area contributed by atoms with Crippen LogP contribution in [0.2, 0.25) is 10.0 Å². The number of hydrogen-bond acceptors (Lipinski definition) is 4. The molecule has 0 bridgehead atoms. The average molecular weight is 573 g/mol. The van der Waals surface area contributed by atoms with Gasteiger partial charge in [0.15, 0.2) is 0 Å². The Hall–Kier alpha value is -3.76. The summed E-state index contributed by atoms with van der Waals surface area (Å²) in [4.78, 5) is 56.0. The molecule has 4 rings (SSSR count). The Kier molecular flexibility index (Phi) is 8.66. The van der Waals surface area contributed by atoms with Gasteiger partial charge in [-0.05, 0) is 36.1 Å². The van der Waals surface area contributed by atoms with Gasteiger partial charge in [-0.2, -0.15) is 0 Å². The summed E-state index contributed by atoms with van der Waals surface area (Å²) in [6.07, 6.45) is 0.547. The molecule has 1 aromatic heterocycles. The van der Waals surface area contributed by atoms with Crippen LogP contribution in [0.4, 0.5) is 10.5 Å². The summed E-state index contributed by atoms with van der Waals surface area (Å²) in [6, 6.07) is 10.2. The third kappa shape index (κ3) is 6.46. The number of rotatable bonds is 8. The SMILES string of the molecule is CC(C)C[C@H](NC(=O)[C@H]1Cc2c([nH]c3ccccc23)CN1C(=O)Nc1cccc(Cl)c1Cl)C(=O)NCC(N)=O.